The number of rotatable bonds is 7. The van der Waals surface area contributed by atoms with Crippen LogP contribution in [0.1, 0.15) is 50.2 Å². The highest BCUT2D eigenvalue weighted by atomic mass is 19.1. The molecule has 0 aliphatic carbocycles. The lowest BCUT2D eigenvalue weighted by molar-refractivity contribution is 0.0663. The van der Waals surface area contributed by atoms with Crippen molar-refractivity contribution in [3.8, 4) is 0 Å². The average molecular weight is 429 g/mol. The van der Waals surface area contributed by atoms with Crippen LogP contribution in [0, 0.1) is 11.6 Å². The molecule has 8 nitrogen and oxygen atoms in total. The lowest BCUT2D eigenvalue weighted by Gasteiger charge is -2.22. The summed E-state index contributed by atoms with van der Waals surface area (Å²) < 4.78 is 34.7. The molecule has 3 heterocycles. The first-order valence-corrected chi connectivity index (χ1v) is 10.4. The molecule has 1 saturated heterocycles. The fourth-order valence-electron chi connectivity index (χ4n) is 3.49. The summed E-state index contributed by atoms with van der Waals surface area (Å²) in [5.74, 6) is 0.613. The number of aryl methyl sites for hydroxylation is 1. The molecule has 0 bridgehead atoms. The summed E-state index contributed by atoms with van der Waals surface area (Å²) >= 11 is 0. The van der Waals surface area contributed by atoms with E-state index in [9.17, 15) is 8.78 Å². The minimum atomic E-state index is -0.623. The average Bonchev–Trinajstić information content (AvgIpc) is 3.22. The third kappa shape index (κ3) is 5.13. The van der Waals surface area contributed by atoms with Gasteiger partial charge in [0.25, 0.3) is 0 Å². The first kappa shape index (κ1) is 21.1. The summed E-state index contributed by atoms with van der Waals surface area (Å²) in [4.78, 5) is 13.2. The smallest absolute Gasteiger partial charge is 0.233 e. The third-order valence-corrected chi connectivity index (χ3v) is 5.19. The Morgan fingerprint density at radius 2 is 1.90 bits per heavy atom. The molecular formula is C21H25F2N7O. The monoisotopic (exact) mass is 429 g/mol. The minimum absolute atomic E-state index is 0.300. The minimum Gasteiger partial charge on any atom is -0.381 e. The van der Waals surface area contributed by atoms with Gasteiger partial charge < -0.3 is 15.4 Å². The number of nitrogens with one attached hydrogen (secondary N) is 2. The third-order valence-electron chi connectivity index (χ3n) is 5.19. The molecule has 1 aromatic carbocycles. The summed E-state index contributed by atoms with van der Waals surface area (Å²) in [6, 6.07) is 5.22. The number of halogens is 2. The predicted molar refractivity (Wildman–Crippen MR) is 112 cm³/mol. The highest BCUT2D eigenvalue weighted by molar-refractivity contribution is 5.49. The highest BCUT2D eigenvalue weighted by Crippen LogP contribution is 2.23. The number of benzene rings is 1. The van der Waals surface area contributed by atoms with Crippen molar-refractivity contribution < 1.29 is 13.5 Å². The molecule has 0 saturated carbocycles. The van der Waals surface area contributed by atoms with Crippen LogP contribution in [0.25, 0.3) is 0 Å². The number of ether oxygens (including phenoxy) is 1. The van der Waals surface area contributed by atoms with E-state index < -0.39 is 17.7 Å². The second-order valence-electron chi connectivity index (χ2n) is 7.43. The standard InChI is InChI=1S/C21H25F2N7O/c1-3-18-25-20(24-13(2)16-5-4-14(22)12-17(16)23)28-21(26-18)27-19-6-9-30(29-19)15-7-10-31-11-8-15/h4-6,9,12-13,15H,3,7-8,10-11H2,1-2H3,(H2,24,25,26,27,28,29). The van der Waals surface area contributed by atoms with E-state index in [2.05, 4.69) is 30.7 Å². The quantitative estimate of drug-likeness (QED) is 0.582. The zero-order valence-electron chi connectivity index (χ0n) is 17.5. The van der Waals surface area contributed by atoms with Gasteiger partial charge in [-0.15, -0.1) is 0 Å². The zero-order valence-corrected chi connectivity index (χ0v) is 17.5. The molecule has 2 aromatic heterocycles. The van der Waals surface area contributed by atoms with Crippen molar-refractivity contribution >= 4 is 17.7 Å². The van der Waals surface area contributed by atoms with E-state index in [1.54, 1.807) is 6.92 Å². The van der Waals surface area contributed by atoms with Gasteiger partial charge in [-0.25, -0.2) is 8.78 Å². The van der Waals surface area contributed by atoms with E-state index in [0.717, 1.165) is 32.1 Å². The van der Waals surface area contributed by atoms with E-state index in [1.165, 1.54) is 12.1 Å². The van der Waals surface area contributed by atoms with Crippen molar-refractivity contribution in [2.75, 3.05) is 23.8 Å². The SMILES string of the molecule is CCc1nc(Nc2ccn(C3CCOCC3)n2)nc(NC(C)c2ccc(F)cc2F)n1. The van der Waals surface area contributed by atoms with Crippen LogP contribution < -0.4 is 10.6 Å². The lowest BCUT2D eigenvalue weighted by Crippen LogP contribution is -2.20. The molecule has 0 spiro atoms. The predicted octanol–water partition coefficient (Wildman–Crippen LogP) is 4.18. The van der Waals surface area contributed by atoms with Crippen molar-refractivity contribution in [1.29, 1.82) is 0 Å². The second-order valence-corrected chi connectivity index (χ2v) is 7.43. The van der Waals surface area contributed by atoms with Crippen LogP contribution in [0.15, 0.2) is 30.5 Å². The topological polar surface area (TPSA) is 89.8 Å². The van der Waals surface area contributed by atoms with Crippen LogP contribution in [0.2, 0.25) is 0 Å². The van der Waals surface area contributed by atoms with Crippen LogP contribution in [0.3, 0.4) is 0 Å². The number of hydrogen-bond acceptors (Lipinski definition) is 7. The summed E-state index contributed by atoms with van der Waals surface area (Å²) in [5, 5.41) is 10.8. The summed E-state index contributed by atoms with van der Waals surface area (Å²) in [6.07, 6.45) is 4.39. The fourth-order valence-corrected chi connectivity index (χ4v) is 3.49. The maximum Gasteiger partial charge on any atom is 0.233 e. The Bertz CT molecular complexity index is 1040. The Morgan fingerprint density at radius 1 is 1.13 bits per heavy atom. The van der Waals surface area contributed by atoms with Gasteiger partial charge in [-0.05, 0) is 25.8 Å². The molecule has 31 heavy (non-hydrogen) atoms. The summed E-state index contributed by atoms with van der Waals surface area (Å²) in [6.45, 7) is 5.17. The molecule has 1 aliphatic heterocycles. The van der Waals surface area contributed by atoms with Crippen LogP contribution in [0.4, 0.5) is 26.5 Å². The van der Waals surface area contributed by atoms with Crippen LogP contribution in [-0.4, -0.2) is 37.9 Å². The Morgan fingerprint density at radius 3 is 2.65 bits per heavy atom. The largest absolute Gasteiger partial charge is 0.381 e. The van der Waals surface area contributed by atoms with Gasteiger partial charge in [-0.2, -0.15) is 20.1 Å². The van der Waals surface area contributed by atoms with Gasteiger partial charge in [0.15, 0.2) is 5.82 Å². The van der Waals surface area contributed by atoms with Gasteiger partial charge in [0.05, 0.1) is 12.1 Å². The van der Waals surface area contributed by atoms with Crippen molar-refractivity contribution in [3.63, 3.8) is 0 Å². The number of anilines is 3. The van der Waals surface area contributed by atoms with Crippen molar-refractivity contribution in [2.24, 2.45) is 0 Å². The molecule has 3 aromatic rings. The van der Waals surface area contributed by atoms with Gasteiger partial charge in [-0.3, -0.25) is 4.68 Å². The number of nitrogens with zero attached hydrogens (tertiary/aromatic N) is 5. The Hall–Kier alpha value is -3.14. The van der Waals surface area contributed by atoms with Crippen LogP contribution >= 0.6 is 0 Å². The van der Waals surface area contributed by atoms with Gasteiger partial charge in [0, 0.05) is 43.5 Å². The molecule has 1 unspecified atom stereocenters. The Kier molecular flexibility index (Phi) is 6.36. The summed E-state index contributed by atoms with van der Waals surface area (Å²) in [5.41, 5.74) is 0.324. The Balaban J connectivity index is 1.50. The van der Waals surface area contributed by atoms with Gasteiger partial charge in [-0.1, -0.05) is 13.0 Å². The van der Waals surface area contributed by atoms with Crippen LogP contribution in [-0.2, 0) is 11.2 Å². The second kappa shape index (κ2) is 9.34. The normalized spacial score (nSPS) is 15.6. The van der Waals surface area contributed by atoms with Gasteiger partial charge in [0.2, 0.25) is 11.9 Å². The van der Waals surface area contributed by atoms with E-state index in [1.807, 2.05) is 23.9 Å². The number of hydrogen-bond donors (Lipinski definition) is 2. The molecule has 10 heteroatoms. The van der Waals surface area contributed by atoms with E-state index in [4.69, 9.17) is 4.74 Å². The Labute approximate surface area is 179 Å². The van der Waals surface area contributed by atoms with E-state index in [0.29, 0.717) is 41.6 Å². The molecule has 2 N–H and O–H groups in total. The number of aromatic nitrogens is 5. The van der Waals surface area contributed by atoms with Crippen molar-refractivity contribution in [2.45, 2.75) is 45.2 Å². The lowest BCUT2D eigenvalue weighted by atomic mass is 10.1. The van der Waals surface area contributed by atoms with E-state index >= 15 is 0 Å². The van der Waals surface area contributed by atoms with Gasteiger partial charge in [0.1, 0.15) is 17.5 Å². The molecule has 0 amide bonds. The highest BCUT2D eigenvalue weighted by Gasteiger charge is 2.18. The van der Waals surface area contributed by atoms with E-state index in [-0.39, 0.29) is 0 Å². The molecule has 1 aliphatic rings. The summed E-state index contributed by atoms with van der Waals surface area (Å²) in [7, 11) is 0. The zero-order chi connectivity index (χ0) is 21.8. The molecule has 1 fully saturated rings. The van der Waals surface area contributed by atoms with Crippen LogP contribution in [0.5, 0.6) is 0 Å². The maximum absolute atomic E-state index is 14.1. The molecular weight excluding hydrogens is 404 g/mol. The van der Waals surface area contributed by atoms with Crippen molar-refractivity contribution in [3.05, 3.63) is 53.5 Å². The fraction of sp³-hybridized carbons (Fsp3) is 0.429. The first-order valence-electron chi connectivity index (χ1n) is 10.4. The molecule has 4 rings (SSSR count). The molecule has 164 valence electrons. The maximum atomic E-state index is 14.1. The molecule has 0 radical (unpaired) electrons. The van der Waals surface area contributed by atoms with Gasteiger partial charge >= 0.3 is 0 Å². The first-order chi connectivity index (χ1) is 15.0. The molecule has 1 atom stereocenters. The van der Waals surface area contributed by atoms with Crippen molar-refractivity contribution in [1.82, 2.24) is 24.7 Å².